The van der Waals surface area contributed by atoms with Gasteiger partial charge in [0.25, 0.3) is 0 Å². The lowest BCUT2D eigenvalue weighted by Gasteiger charge is -2.21. The molecule has 1 saturated heterocycles. The van der Waals surface area contributed by atoms with E-state index in [0.717, 1.165) is 68.0 Å². The Morgan fingerprint density at radius 1 is 0.740 bits per heavy atom. The quantitative estimate of drug-likeness (QED) is 0.0139. The molecule has 2 heterocycles. The zero-order valence-corrected chi connectivity index (χ0v) is 45.1. The van der Waals surface area contributed by atoms with Crippen molar-refractivity contribution in [2.45, 2.75) is 211 Å². The van der Waals surface area contributed by atoms with Crippen LogP contribution in [0.25, 0.3) is 0 Å². The molecule has 1 aliphatic heterocycles. The minimum atomic E-state index is -5.48. The Labute approximate surface area is 432 Å². The van der Waals surface area contributed by atoms with Gasteiger partial charge in [0.2, 0.25) is 0 Å². The van der Waals surface area contributed by atoms with E-state index in [0.29, 0.717) is 12.8 Å². The van der Waals surface area contributed by atoms with Crippen LogP contribution < -0.4 is 11.4 Å². The number of rotatable bonds is 42. The van der Waals surface area contributed by atoms with Gasteiger partial charge in [-0.2, -0.15) is 9.29 Å². The molecule has 1 aliphatic rings. The first kappa shape index (κ1) is 65.8. The number of aliphatic hydroxyl groups is 4. The molecule has 0 radical (unpaired) electrons. The summed E-state index contributed by atoms with van der Waals surface area (Å²) in [5.74, 6) is -0.759. The number of anilines is 1. The molecule has 2 rings (SSSR count). The molecule has 0 amide bonds. The first-order valence-electron chi connectivity index (χ1n) is 26.2. The van der Waals surface area contributed by atoms with E-state index in [1.165, 1.54) is 63.9 Å². The first-order chi connectivity index (χ1) is 34.8. The van der Waals surface area contributed by atoms with Crippen LogP contribution in [0.4, 0.5) is 5.82 Å². The van der Waals surface area contributed by atoms with Gasteiger partial charge < -0.3 is 50.2 Å². The third kappa shape index (κ3) is 32.0. The fourth-order valence-electron chi connectivity index (χ4n) is 7.65. The van der Waals surface area contributed by atoms with Crippen molar-refractivity contribution in [2.24, 2.45) is 5.92 Å². The van der Waals surface area contributed by atoms with Crippen molar-refractivity contribution >= 4 is 33.4 Å². The summed E-state index contributed by atoms with van der Waals surface area (Å²) < 4.78 is 56.6. The number of phosphoric acid groups is 2. The van der Waals surface area contributed by atoms with Gasteiger partial charge in [0, 0.05) is 19.0 Å². The smallest absolute Gasteiger partial charge is 0.462 e. The third-order valence-corrected chi connectivity index (χ3v) is 14.4. The molecular weight excluding hydrogens is 989 g/mol. The van der Waals surface area contributed by atoms with E-state index in [4.69, 9.17) is 29.0 Å². The summed E-state index contributed by atoms with van der Waals surface area (Å²) in [6.07, 6.45) is 26.9. The molecule has 0 bridgehead atoms. The Kier molecular flexibility index (Phi) is 34.4. The van der Waals surface area contributed by atoms with Crippen molar-refractivity contribution in [2.75, 3.05) is 25.6 Å². The van der Waals surface area contributed by atoms with Crippen LogP contribution in [-0.2, 0) is 46.3 Å². The van der Waals surface area contributed by atoms with Gasteiger partial charge in [0.05, 0.1) is 25.4 Å². The second kappa shape index (κ2) is 38.2. The molecule has 73 heavy (non-hydrogen) atoms. The van der Waals surface area contributed by atoms with Gasteiger partial charge in [-0.05, 0) is 44.1 Å². The van der Waals surface area contributed by atoms with Gasteiger partial charge in [-0.15, -0.1) is 0 Å². The van der Waals surface area contributed by atoms with Crippen LogP contribution in [0.2, 0.25) is 0 Å². The molecule has 1 aromatic rings. The lowest BCUT2D eigenvalue weighted by molar-refractivity contribution is -0.161. The third-order valence-electron chi connectivity index (χ3n) is 11.8. The number of nitrogen functional groups attached to an aromatic ring is 1. The van der Waals surface area contributed by atoms with Crippen molar-refractivity contribution < 1.29 is 76.5 Å². The van der Waals surface area contributed by atoms with Gasteiger partial charge in [-0.3, -0.25) is 23.2 Å². The number of allylic oxidation sites excluding steroid dienone is 6. The number of ether oxygens (including phenoxy) is 3. The molecule has 0 saturated carbocycles. The zero-order valence-electron chi connectivity index (χ0n) is 43.3. The van der Waals surface area contributed by atoms with Gasteiger partial charge in [0.15, 0.2) is 12.3 Å². The fourth-order valence-corrected chi connectivity index (χ4v) is 9.76. The summed E-state index contributed by atoms with van der Waals surface area (Å²) in [4.78, 5) is 62.0. The summed E-state index contributed by atoms with van der Waals surface area (Å²) >= 11 is 0. The molecule has 0 spiro atoms. The van der Waals surface area contributed by atoms with Crippen molar-refractivity contribution in [3.05, 3.63) is 71.4 Å². The monoisotopic (exact) mass is 1080 g/mol. The van der Waals surface area contributed by atoms with E-state index in [1.54, 1.807) is 24.3 Å². The number of aliphatic hydroxyl groups excluding tert-OH is 4. The summed E-state index contributed by atoms with van der Waals surface area (Å²) in [6.45, 7) is 4.15. The van der Waals surface area contributed by atoms with Crippen LogP contribution in [-0.4, -0.2) is 108 Å². The molecule has 0 aromatic carbocycles. The SMILES string of the molecule is CCCCC[C@@H](O)/C=C/C=C\C/C=C\C=C\[C@@H](O)CCCC(=O)O[C@H](COC(=O)CCCCCCCCCCCCCCCC(C)C)COP(=O)(O)OP(=O)(O)OC[C@H]1O[C@@H](n2ccc(N)nc2=O)[C@H](O)[C@@H]1O. The number of aromatic nitrogens is 2. The topological polar surface area (TPSA) is 306 Å². The standard InChI is InChI=1S/C51H87N3O17P2/c1-4-5-22-29-41(55)30-24-19-15-13-16-20-25-31-42(56)32-27-34-47(58)69-43(37-66-46(57)33-26-21-17-12-10-8-6-7-9-11-14-18-23-28-40(2)3)38-67-72(62,63)71-73(64,65)68-39-44-48(59)49(60)50(70-44)54-36-35-45(52)53-51(54)61/h15-16,19-20,24-25,30-31,35-36,40-44,48-50,55-56,59-60H,4-14,17-18,21-23,26-29,32-34,37-39H2,1-3H3,(H,62,63)(H,64,65)(H2,52,53,61)/b19-15-,20-16-,30-24+,31-25+/t41-,42-,43-,44-,48-,49-,50-/m1/s1. The maximum atomic E-state index is 12.9. The number of hydrogen-bond donors (Lipinski definition) is 7. The average molecular weight is 1080 g/mol. The minimum absolute atomic E-state index is 0.0784. The van der Waals surface area contributed by atoms with Gasteiger partial charge in [0.1, 0.15) is 30.7 Å². The Balaban J connectivity index is 1.86. The van der Waals surface area contributed by atoms with Gasteiger partial charge >= 0.3 is 33.3 Å². The van der Waals surface area contributed by atoms with Crippen molar-refractivity contribution in [1.29, 1.82) is 0 Å². The molecule has 1 fully saturated rings. The van der Waals surface area contributed by atoms with Crippen LogP contribution in [0.15, 0.2) is 65.7 Å². The molecule has 22 heteroatoms. The van der Waals surface area contributed by atoms with E-state index in [1.807, 2.05) is 24.3 Å². The maximum Gasteiger partial charge on any atom is 0.481 e. The first-order valence-corrected chi connectivity index (χ1v) is 29.2. The Morgan fingerprint density at radius 2 is 1.27 bits per heavy atom. The second-order valence-electron chi connectivity index (χ2n) is 18.9. The highest BCUT2D eigenvalue weighted by atomic mass is 31.3. The number of carbonyl (C=O) groups excluding carboxylic acids is 2. The van der Waals surface area contributed by atoms with Crippen LogP contribution in [0.1, 0.15) is 175 Å². The lowest BCUT2D eigenvalue weighted by atomic mass is 10.0. The second-order valence-corrected chi connectivity index (χ2v) is 22.0. The molecule has 20 nitrogen and oxygen atoms in total. The number of nitrogens with zero attached hydrogens (tertiary/aromatic N) is 2. The normalized spacial score (nSPS) is 20.3. The number of unbranched alkanes of at least 4 members (excludes halogenated alkanes) is 14. The summed E-state index contributed by atoms with van der Waals surface area (Å²) in [5, 5.41) is 41.3. The van der Waals surface area contributed by atoms with Gasteiger partial charge in [-0.25, -0.2) is 13.9 Å². The van der Waals surface area contributed by atoms with Crippen LogP contribution >= 0.6 is 15.6 Å². The predicted octanol–water partition coefficient (Wildman–Crippen LogP) is 8.75. The molecule has 9 atom stereocenters. The highest BCUT2D eigenvalue weighted by Gasteiger charge is 2.46. The molecule has 1 aromatic heterocycles. The number of nitrogens with two attached hydrogens (primary N) is 1. The van der Waals surface area contributed by atoms with E-state index >= 15 is 0 Å². The highest BCUT2D eigenvalue weighted by molar-refractivity contribution is 7.61. The zero-order chi connectivity index (χ0) is 53.9. The molecule has 2 unspecified atom stereocenters. The lowest BCUT2D eigenvalue weighted by Crippen LogP contribution is -2.36. The van der Waals surface area contributed by atoms with Crippen LogP contribution in [0.5, 0.6) is 0 Å². The van der Waals surface area contributed by atoms with Crippen molar-refractivity contribution in [3.8, 4) is 0 Å². The fraction of sp³-hybridized carbons (Fsp3) is 0.725. The Hall–Kier alpha value is -3.36. The number of esters is 2. The summed E-state index contributed by atoms with van der Waals surface area (Å²) in [5.41, 5.74) is 4.57. The van der Waals surface area contributed by atoms with E-state index in [9.17, 15) is 53.7 Å². The van der Waals surface area contributed by atoms with Crippen molar-refractivity contribution in [1.82, 2.24) is 9.55 Å². The Bertz CT molecular complexity index is 1960. The summed E-state index contributed by atoms with van der Waals surface area (Å²) in [7, 11) is -11.0. The van der Waals surface area contributed by atoms with Crippen LogP contribution in [0.3, 0.4) is 0 Å². The van der Waals surface area contributed by atoms with E-state index < -0.39 is 95.9 Å². The summed E-state index contributed by atoms with van der Waals surface area (Å²) in [6, 6.07) is 1.23. The maximum absolute atomic E-state index is 12.9. The van der Waals surface area contributed by atoms with Crippen molar-refractivity contribution in [3.63, 3.8) is 0 Å². The number of carbonyl (C=O) groups is 2. The molecule has 8 N–H and O–H groups in total. The molecule has 418 valence electrons. The van der Waals surface area contributed by atoms with Crippen LogP contribution in [0, 0.1) is 5.92 Å². The molecular formula is C51H87N3O17P2. The van der Waals surface area contributed by atoms with E-state index in [-0.39, 0.29) is 31.5 Å². The number of hydrogen-bond acceptors (Lipinski definition) is 17. The predicted molar refractivity (Wildman–Crippen MR) is 278 cm³/mol. The highest BCUT2D eigenvalue weighted by Crippen LogP contribution is 2.60. The average Bonchev–Trinajstić information content (AvgIpc) is 3.60. The largest absolute Gasteiger partial charge is 0.481 e. The number of phosphoric ester groups is 2. The Morgan fingerprint density at radius 3 is 1.85 bits per heavy atom. The van der Waals surface area contributed by atoms with E-state index in [2.05, 4.69) is 30.1 Å². The minimum Gasteiger partial charge on any atom is -0.462 e. The van der Waals surface area contributed by atoms with Gasteiger partial charge in [-0.1, -0.05) is 172 Å². The molecule has 0 aliphatic carbocycles.